The van der Waals surface area contributed by atoms with Crippen molar-refractivity contribution in [3.05, 3.63) is 12.7 Å². The highest BCUT2D eigenvalue weighted by Gasteiger charge is 2.22. The standard InChI is InChI=1S/C18H33O8P/c1-3-5-7-8-9-10-11-13-18(20)26-16(15-25-27(21,22)23)14-24-17(19)12-6-4-2/h3,16H,1,4-15H2,2H3,(H2,21,22,23)/t16-/m1/s1. The second kappa shape index (κ2) is 15.8. The average molecular weight is 408 g/mol. The summed E-state index contributed by atoms with van der Waals surface area (Å²) in [6.45, 7) is 4.76. The van der Waals surface area contributed by atoms with Gasteiger partial charge in [-0.05, 0) is 25.7 Å². The van der Waals surface area contributed by atoms with Crippen molar-refractivity contribution in [2.75, 3.05) is 13.2 Å². The Bertz CT molecular complexity index is 474. The molecule has 9 heteroatoms. The van der Waals surface area contributed by atoms with Gasteiger partial charge in [0.1, 0.15) is 6.61 Å². The number of ether oxygens (including phenoxy) is 2. The molecule has 27 heavy (non-hydrogen) atoms. The molecule has 0 unspecified atom stereocenters. The maximum absolute atomic E-state index is 11.9. The molecule has 0 amide bonds. The van der Waals surface area contributed by atoms with Crippen LogP contribution in [0.25, 0.3) is 0 Å². The molecule has 0 aliphatic carbocycles. The van der Waals surface area contributed by atoms with Gasteiger partial charge in [-0.3, -0.25) is 14.1 Å². The van der Waals surface area contributed by atoms with Gasteiger partial charge in [-0.1, -0.05) is 38.7 Å². The first-order valence-electron chi connectivity index (χ1n) is 9.44. The molecule has 0 aliphatic heterocycles. The van der Waals surface area contributed by atoms with Crippen molar-refractivity contribution in [3.63, 3.8) is 0 Å². The van der Waals surface area contributed by atoms with Gasteiger partial charge < -0.3 is 19.3 Å². The van der Waals surface area contributed by atoms with E-state index in [1.54, 1.807) is 0 Å². The third kappa shape index (κ3) is 17.9. The molecule has 0 spiro atoms. The maximum atomic E-state index is 11.9. The van der Waals surface area contributed by atoms with Gasteiger partial charge in [0.15, 0.2) is 6.10 Å². The lowest BCUT2D eigenvalue weighted by atomic mass is 10.1. The molecule has 0 saturated heterocycles. The molecular formula is C18H33O8P. The van der Waals surface area contributed by atoms with Crippen molar-refractivity contribution in [3.8, 4) is 0 Å². The predicted molar refractivity (Wildman–Crippen MR) is 101 cm³/mol. The lowest BCUT2D eigenvalue weighted by Gasteiger charge is -2.18. The smallest absolute Gasteiger partial charge is 0.462 e. The minimum atomic E-state index is -4.71. The van der Waals surface area contributed by atoms with Crippen LogP contribution in [0.4, 0.5) is 0 Å². The zero-order valence-electron chi connectivity index (χ0n) is 16.1. The van der Waals surface area contributed by atoms with Crippen LogP contribution in [0.5, 0.6) is 0 Å². The summed E-state index contributed by atoms with van der Waals surface area (Å²) in [4.78, 5) is 41.0. The molecule has 0 rings (SSSR count). The summed E-state index contributed by atoms with van der Waals surface area (Å²) in [5.74, 6) is -0.960. The fourth-order valence-corrected chi connectivity index (χ4v) is 2.57. The second-order valence-electron chi connectivity index (χ2n) is 6.28. The van der Waals surface area contributed by atoms with E-state index in [-0.39, 0.29) is 19.4 Å². The topological polar surface area (TPSA) is 119 Å². The summed E-state index contributed by atoms with van der Waals surface area (Å²) in [6, 6.07) is 0. The minimum absolute atomic E-state index is 0.192. The number of carbonyl (C=O) groups is 2. The molecule has 0 fully saturated rings. The predicted octanol–water partition coefficient (Wildman–Crippen LogP) is 3.66. The zero-order valence-corrected chi connectivity index (χ0v) is 17.0. The Balaban J connectivity index is 4.22. The summed E-state index contributed by atoms with van der Waals surface area (Å²) < 4.78 is 25.4. The number of unbranched alkanes of at least 4 members (excludes halogenated alkanes) is 6. The van der Waals surface area contributed by atoms with E-state index in [1.807, 2.05) is 13.0 Å². The zero-order chi connectivity index (χ0) is 20.5. The van der Waals surface area contributed by atoms with E-state index in [1.165, 1.54) is 0 Å². The maximum Gasteiger partial charge on any atom is 0.469 e. The van der Waals surface area contributed by atoms with Gasteiger partial charge in [0.25, 0.3) is 0 Å². The van der Waals surface area contributed by atoms with E-state index in [0.29, 0.717) is 12.8 Å². The van der Waals surface area contributed by atoms with Gasteiger partial charge in [0.05, 0.1) is 6.61 Å². The molecule has 0 radical (unpaired) electrons. The van der Waals surface area contributed by atoms with Crippen LogP contribution in [0.2, 0.25) is 0 Å². The van der Waals surface area contributed by atoms with Crippen molar-refractivity contribution in [1.29, 1.82) is 0 Å². The number of carbonyl (C=O) groups excluding carboxylic acids is 2. The second-order valence-corrected chi connectivity index (χ2v) is 7.52. The van der Waals surface area contributed by atoms with Crippen LogP contribution in [0.3, 0.4) is 0 Å². The van der Waals surface area contributed by atoms with Crippen LogP contribution in [-0.4, -0.2) is 41.0 Å². The van der Waals surface area contributed by atoms with E-state index in [0.717, 1.165) is 38.5 Å². The quantitative estimate of drug-likeness (QED) is 0.162. The third-order valence-corrected chi connectivity index (χ3v) is 4.17. The Hall–Kier alpha value is -1.21. The SMILES string of the molecule is C=CCCCCCCCC(=O)O[C@H](COC(=O)CCCC)COP(=O)(O)O. The monoisotopic (exact) mass is 408 g/mol. The van der Waals surface area contributed by atoms with E-state index < -0.39 is 32.5 Å². The van der Waals surface area contributed by atoms with Crippen LogP contribution >= 0.6 is 7.82 Å². The van der Waals surface area contributed by atoms with E-state index in [4.69, 9.17) is 19.3 Å². The van der Waals surface area contributed by atoms with Crippen LogP contribution in [-0.2, 0) is 28.2 Å². The molecule has 2 N–H and O–H groups in total. The fraction of sp³-hybridized carbons (Fsp3) is 0.778. The van der Waals surface area contributed by atoms with Gasteiger partial charge >= 0.3 is 19.8 Å². The molecule has 158 valence electrons. The van der Waals surface area contributed by atoms with Crippen molar-refractivity contribution >= 4 is 19.8 Å². The first-order chi connectivity index (χ1) is 12.8. The molecule has 0 aromatic rings. The van der Waals surface area contributed by atoms with Crippen LogP contribution in [0, 0.1) is 0 Å². The lowest BCUT2D eigenvalue weighted by molar-refractivity contribution is -0.161. The Labute approximate surface area is 161 Å². The molecule has 0 aliphatic rings. The van der Waals surface area contributed by atoms with Gasteiger partial charge in [-0.15, -0.1) is 6.58 Å². The highest BCUT2D eigenvalue weighted by atomic mass is 31.2. The number of esters is 2. The number of phosphoric ester groups is 1. The normalized spacial score (nSPS) is 12.4. The number of hydrogen-bond acceptors (Lipinski definition) is 6. The number of rotatable bonds is 17. The van der Waals surface area contributed by atoms with Crippen LogP contribution in [0.1, 0.15) is 71.1 Å². The third-order valence-electron chi connectivity index (χ3n) is 3.68. The molecular weight excluding hydrogens is 375 g/mol. The molecule has 0 saturated carbocycles. The number of hydrogen-bond donors (Lipinski definition) is 2. The molecule has 0 aromatic carbocycles. The van der Waals surface area contributed by atoms with E-state index in [2.05, 4.69) is 11.1 Å². The lowest BCUT2D eigenvalue weighted by Crippen LogP contribution is -2.29. The average Bonchev–Trinajstić information content (AvgIpc) is 2.60. The number of phosphoric acid groups is 1. The molecule has 0 aromatic heterocycles. The summed E-state index contributed by atoms with van der Waals surface area (Å²) in [7, 11) is -4.71. The first-order valence-corrected chi connectivity index (χ1v) is 11.0. The summed E-state index contributed by atoms with van der Waals surface area (Å²) in [5.41, 5.74) is 0. The first kappa shape index (κ1) is 25.8. The van der Waals surface area contributed by atoms with Crippen LogP contribution in [0.15, 0.2) is 12.7 Å². The van der Waals surface area contributed by atoms with Gasteiger partial charge in [0.2, 0.25) is 0 Å². The van der Waals surface area contributed by atoms with Crippen LogP contribution < -0.4 is 0 Å². The van der Waals surface area contributed by atoms with E-state index in [9.17, 15) is 14.2 Å². The summed E-state index contributed by atoms with van der Waals surface area (Å²) >= 11 is 0. The van der Waals surface area contributed by atoms with Crippen molar-refractivity contribution in [2.24, 2.45) is 0 Å². The largest absolute Gasteiger partial charge is 0.469 e. The highest BCUT2D eigenvalue weighted by molar-refractivity contribution is 7.46. The summed E-state index contributed by atoms with van der Waals surface area (Å²) in [5, 5.41) is 0. The molecule has 0 bridgehead atoms. The number of allylic oxidation sites excluding steroid dienone is 1. The Kier molecular flexibility index (Phi) is 15.1. The highest BCUT2D eigenvalue weighted by Crippen LogP contribution is 2.35. The van der Waals surface area contributed by atoms with E-state index >= 15 is 0 Å². The Morgan fingerprint density at radius 2 is 1.63 bits per heavy atom. The molecule has 1 atom stereocenters. The van der Waals surface area contributed by atoms with Crippen molar-refractivity contribution < 1.29 is 37.9 Å². The molecule has 0 heterocycles. The Morgan fingerprint density at radius 1 is 1.00 bits per heavy atom. The summed E-state index contributed by atoms with van der Waals surface area (Å²) in [6.07, 6.45) is 8.48. The fourth-order valence-electron chi connectivity index (χ4n) is 2.21. The minimum Gasteiger partial charge on any atom is -0.462 e. The van der Waals surface area contributed by atoms with Gasteiger partial charge in [-0.2, -0.15) is 0 Å². The van der Waals surface area contributed by atoms with Crippen molar-refractivity contribution in [1.82, 2.24) is 0 Å². The molecule has 8 nitrogen and oxygen atoms in total. The Morgan fingerprint density at radius 3 is 2.26 bits per heavy atom. The van der Waals surface area contributed by atoms with Gasteiger partial charge in [0, 0.05) is 12.8 Å². The van der Waals surface area contributed by atoms with Gasteiger partial charge in [-0.25, -0.2) is 4.57 Å². The van der Waals surface area contributed by atoms with Crippen molar-refractivity contribution in [2.45, 2.75) is 77.2 Å².